The number of nitriles is 1. The van der Waals surface area contributed by atoms with Gasteiger partial charge in [-0.2, -0.15) is 5.26 Å². The number of nitrogens with zero attached hydrogens (tertiary/aromatic N) is 2. The summed E-state index contributed by atoms with van der Waals surface area (Å²) in [5.74, 6) is -0.796. The fraction of sp³-hybridized carbons (Fsp3) is 0.143. The zero-order chi connectivity index (χ0) is 26.6. The average molecular weight is 542 g/mol. The molecular weight excluding hydrogens is 518 g/mol. The van der Waals surface area contributed by atoms with Crippen LogP contribution < -0.4 is 16.0 Å². The zero-order valence-electron chi connectivity index (χ0n) is 20.6. The normalized spacial score (nSPS) is 15.2. The summed E-state index contributed by atoms with van der Waals surface area (Å²) in [7, 11) is 0. The molecule has 0 unspecified atom stereocenters. The Morgan fingerprint density at radius 3 is 2.63 bits per heavy atom. The van der Waals surface area contributed by atoms with E-state index in [-0.39, 0.29) is 17.6 Å². The maximum Gasteiger partial charge on any atom is 0.256 e. The number of carbonyl (C=O) groups is 2. The predicted molar refractivity (Wildman–Crippen MR) is 150 cm³/mol. The van der Waals surface area contributed by atoms with Gasteiger partial charge in [-0.1, -0.05) is 53.4 Å². The van der Waals surface area contributed by atoms with Crippen molar-refractivity contribution < 1.29 is 14.0 Å². The maximum atomic E-state index is 13.5. The Hall–Kier alpha value is -4.33. The molecule has 38 heavy (non-hydrogen) atoms. The first-order valence-electron chi connectivity index (χ1n) is 11.7. The number of benzene rings is 2. The lowest BCUT2D eigenvalue weighted by Gasteiger charge is -2.28. The van der Waals surface area contributed by atoms with Gasteiger partial charge in [0.1, 0.15) is 5.76 Å². The quantitative estimate of drug-likeness (QED) is 0.266. The van der Waals surface area contributed by atoms with Crippen LogP contribution in [0.25, 0.3) is 10.2 Å². The highest BCUT2D eigenvalue weighted by Crippen LogP contribution is 2.41. The number of hydrogen-bond donors (Lipinski definition) is 3. The van der Waals surface area contributed by atoms with Gasteiger partial charge in [0.15, 0.2) is 5.13 Å². The van der Waals surface area contributed by atoms with Gasteiger partial charge in [0.25, 0.3) is 5.91 Å². The summed E-state index contributed by atoms with van der Waals surface area (Å²) in [6.45, 7) is 3.69. The lowest BCUT2D eigenvalue weighted by Crippen LogP contribution is -2.31. The molecule has 10 heteroatoms. The van der Waals surface area contributed by atoms with Gasteiger partial charge in [-0.05, 0) is 49.7 Å². The van der Waals surface area contributed by atoms with Gasteiger partial charge in [-0.3, -0.25) is 14.9 Å². The molecule has 4 aromatic rings. The number of amides is 2. The Kier molecular flexibility index (Phi) is 7.31. The third-order valence-electron chi connectivity index (χ3n) is 6.00. The minimum absolute atomic E-state index is 0.0766. The van der Waals surface area contributed by atoms with Crippen molar-refractivity contribution in [3.05, 3.63) is 100 Å². The molecule has 3 heterocycles. The van der Waals surface area contributed by atoms with Crippen LogP contribution in [0, 0.1) is 18.3 Å². The molecule has 2 aromatic carbocycles. The van der Waals surface area contributed by atoms with E-state index in [1.807, 2.05) is 55.5 Å². The third-order valence-corrected chi connectivity index (χ3v) is 7.97. The first-order chi connectivity index (χ1) is 18.4. The molecule has 1 aliphatic heterocycles. The SMILES string of the molecule is CC1=C(C(=O)Nc2nc3ccccc3s2)[C@H](c2ccco2)C(C#N)=C(SCC(=O)Nc2ccccc2C)N1. The Balaban J connectivity index is 1.40. The molecule has 0 aliphatic carbocycles. The van der Waals surface area contributed by atoms with Gasteiger partial charge in [-0.15, -0.1) is 0 Å². The standard InChI is InChI=1S/C28H23N5O3S2/c1-16-8-3-4-9-19(16)31-23(34)15-37-27-18(14-29)25(21-11-7-13-36-21)24(17(2)30-27)26(35)33-28-32-20-10-5-6-12-22(20)38-28/h3-13,25,30H,15H2,1-2H3,(H,31,34)(H,32,33,35)/t25-/m0/s1. The van der Waals surface area contributed by atoms with E-state index in [9.17, 15) is 14.9 Å². The number of allylic oxidation sites excluding steroid dienone is 2. The molecule has 2 amide bonds. The first-order valence-corrected chi connectivity index (χ1v) is 13.6. The highest BCUT2D eigenvalue weighted by Gasteiger charge is 2.36. The van der Waals surface area contributed by atoms with Gasteiger partial charge in [-0.25, -0.2) is 4.98 Å². The van der Waals surface area contributed by atoms with Crippen molar-refractivity contribution in [1.82, 2.24) is 10.3 Å². The molecule has 190 valence electrons. The third kappa shape index (κ3) is 5.20. The number of thiazole rings is 1. The molecule has 0 bridgehead atoms. The predicted octanol–water partition coefficient (Wildman–Crippen LogP) is 5.90. The van der Waals surface area contributed by atoms with Crippen LogP contribution in [-0.2, 0) is 9.59 Å². The van der Waals surface area contributed by atoms with Crippen molar-refractivity contribution in [1.29, 1.82) is 5.26 Å². The van der Waals surface area contributed by atoms with E-state index >= 15 is 0 Å². The van der Waals surface area contributed by atoms with Crippen LogP contribution in [0.5, 0.6) is 0 Å². The molecule has 0 fully saturated rings. The molecule has 8 nitrogen and oxygen atoms in total. The van der Waals surface area contributed by atoms with Gasteiger partial charge in [0.2, 0.25) is 5.91 Å². The summed E-state index contributed by atoms with van der Waals surface area (Å²) < 4.78 is 6.63. The summed E-state index contributed by atoms with van der Waals surface area (Å²) in [4.78, 5) is 30.7. The van der Waals surface area contributed by atoms with Crippen LogP contribution in [0.1, 0.15) is 24.2 Å². The monoisotopic (exact) mass is 541 g/mol. The highest BCUT2D eigenvalue weighted by molar-refractivity contribution is 8.03. The maximum absolute atomic E-state index is 13.5. The Bertz CT molecular complexity index is 1600. The van der Waals surface area contributed by atoms with E-state index in [2.05, 4.69) is 27.0 Å². The van der Waals surface area contributed by atoms with Crippen LogP contribution in [0.15, 0.2) is 93.2 Å². The molecule has 0 radical (unpaired) electrons. The second-order valence-corrected chi connectivity index (χ2v) is 10.6. The lowest BCUT2D eigenvalue weighted by atomic mass is 9.85. The molecule has 2 aromatic heterocycles. The number of anilines is 2. The van der Waals surface area contributed by atoms with E-state index in [0.29, 0.717) is 32.8 Å². The zero-order valence-corrected chi connectivity index (χ0v) is 22.2. The first kappa shape index (κ1) is 25.3. The summed E-state index contributed by atoms with van der Waals surface area (Å²) in [6.07, 6.45) is 1.51. The number of carbonyl (C=O) groups excluding carboxylic acids is 2. The minimum Gasteiger partial charge on any atom is -0.468 e. The number of aryl methyl sites for hydroxylation is 1. The minimum atomic E-state index is -0.743. The number of furan rings is 1. The molecular formula is C28H23N5O3S2. The summed E-state index contributed by atoms with van der Waals surface area (Å²) in [6, 6.07) is 20.9. The number of dihydropyridines is 1. The van der Waals surface area contributed by atoms with Gasteiger partial charge in [0.05, 0.1) is 50.4 Å². The van der Waals surface area contributed by atoms with Crippen LogP contribution in [0.2, 0.25) is 0 Å². The topological polar surface area (TPSA) is 120 Å². The Labute approximate surface area is 227 Å². The molecule has 0 spiro atoms. The van der Waals surface area contributed by atoms with Crippen LogP contribution in [0.3, 0.4) is 0 Å². The molecule has 0 saturated heterocycles. The van der Waals surface area contributed by atoms with E-state index in [0.717, 1.165) is 21.5 Å². The van der Waals surface area contributed by atoms with Crippen LogP contribution in [0.4, 0.5) is 10.8 Å². The molecule has 1 atom stereocenters. The number of thioether (sulfide) groups is 1. The van der Waals surface area contributed by atoms with Gasteiger partial charge >= 0.3 is 0 Å². The smallest absolute Gasteiger partial charge is 0.256 e. The number of fused-ring (bicyclic) bond motifs is 1. The average Bonchev–Trinajstić information content (AvgIpc) is 3.58. The van der Waals surface area contributed by atoms with E-state index in [1.165, 1.54) is 29.4 Å². The number of nitrogens with one attached hydrogen (secondary N) is 3. The molecule has 1 aliphatic rings. The van der Waals surface area contributed by atoms with E-state index in [1.54, 1.807) is 19.1 Å². The second-order valence-electron chi connectivity index (χ2n) is 8.56. The fourth-order valence-corrected chi connectivity index (χ4v) is 5.95. The van der Waals surface area contributed by atoms with Crippen LogP contribution in [-0.4, -0.2) is 22.6 Å². The van der Waals surface area contributed by atoms with Crippen molar-refractivity contribution in [2.45, 2.75) is 19.8 Å². The Morgan fingerprint density at radius 1 is 1.11 bits per heavy atom. The van der Waals surface area contributed by atoms with Crippen molar-refractivity contribution in [3.63, 3.8) is 0 Å². The van der Waals surface area contributed by atoms with Crippen molar-refractivity contribution in [2.24, 2.45) is 0 Å². The Morgan fingerprint density at radius 2 is 1.89 bits per heavy atom. The number of hydrogen-bond acceptors (Lipinski definition) is 8. The summed E-state index contributed by atoms with van der Waals surface area (Å²) in [5, 5.41) is 20.1. The van der Waals surface area contributed by atoms with Gasteiger partial charge in [0, 0.05) is 11.4 Å². The molecule has 5 rings (SSSR count). The van der Waals surface area contributed by atoms with Crippen molar-refractivity contribution >= 4 is 55.9 Å². The van der Waals surface area contributed by atoms with Crippen LogP contribution >= 0.6 is 23.1 Å². The summed E-state index contributed by atoms with van der Waals surface area (Å²) >= 11 is 2.58. The number of para-hydroxylation sites is 2. The fourth-order valence-electron chi connectivity index (χ4n) is 4.19. The molecule has 3 N–H and O–H groups in total. The van der Waals surface area contributed by atoms with Crippen molar-refractivity contribution in [2.75, 3.05) is 16.4 Å². The molecule has 0 saturated carbocycles. The van der Waals surface area contributed by atoms with Gasteiger partial charge < -0.3 is 15.1 Å². The summed E-state index contributed by atoms with van der Waals surface area (Å²) in [5.41, 5.74) is 3.70. The largest absolute Gasteiger partial charge is 0.468 e. The lowest BCUT2D eigenvalue weighted by molar-refractivity contribution is -0.114. The van der Waals surface area contributed by atoms with E-state index in [4.69, 9.17) is 4.42 Å². The van der Waals surface area contributed by atoms with E-state index < -0.39 is 5.92 Å². The number of aromatic nitrogens is 1. The number of rotatable bonds is 7. The highest BCUT2D eigenvalue weighted by atomic mass is 32.2. The van der Waals surface area contributed by atoms with Crippen molar-refractivity contribution in [3.8, 4) is 6.07 Å². The second kappa shape index (κ2) is 11.0.